The number of rotatable bonds is 1. The summed E-state index contributed by atoms with van der Waals surface area (Å²) in [6.45, 7) is -2.92. The Kier molecular flexibility index (Phi) is 1.02. The minimum absolute atomic E-state index is 0.214. The SMILES string of the molecule is [2H]C([2H])([2H])C(=O)C1CC(=O)N(O)C1=O. The maximum absolute atomic E-state index is 11.1. The molecule has 1 aliphatic heterocycles. The van der Waals surface area contributed by atoms with Gasteiger partial charge >= 0.3 is 0 Å². The van der Waals surface area contributed by atoms with Crippen LogP contribution in [0.4, 0.5) is 0 Å². The lowest BCUT2D eigenvalue weighted by Crippen LogP contribution is -2.28. The molecule has 1 fully saturated rings. The third-order valence-electron chi connectivity index (χ3n) is 1.44. The van der Waals surface area contributed by atoms with Crippen LogP contribution < -0.4 is 0 Å². The van der Waals surface area contributed by atoms with Crippen molar-refractivity contribution >= 4 is 17.6 Å². The van der Waals surface area contributed by atoms with Crippen molar-refractivity contribution < 1.29 is 23.7 Å². The molecule has 0 aliphatic carbocycles. The predicted molar refractivity (Wildman–Crippen MR) is 32.4 cm³/mol. The first-order valence-electron chi connectivity index (χ1n) is 4.35. The van der Waals surface area contributed by atoms with Gasteiger partial charge in [0.25, 0.3) is 11.8 Å². The Bertz CT molecular complexity index is 311. The molecule has 1 unspecified atom stereocenters. The molecule has 0 aromatic carbocycles. The lowest BCUT2D eigenvalue weighted by molar-refractivity contribution is -0.172. The normalized spacial score (nSPS) is 29.7. The van der Waals surface area contributed by atoms with Gasteiger partial charge in [-0.1, -0.05) is 0 Å². The summed E-state index contributed by atoms with van der Waals surface area (Å²) < 4.78 is 20.2. The van der Waals surface area contributed by atoms with Crippen LogP contribution in [-0.2, 0) is 14.4 Å². The van der Waals surface area contributed by atoms with Gasteiger partial charge in [-0.2, -0.15) is 5.06 Å². The van der Waals surface area contributed by atoms with Crippen molar-refractivity contribution in [1.82, 2.24) is 5.06 Å². The zero-order chi connectivity index (χ0) is 11.1. The van der Waals surface area contributed by atoms with E-state index in [2.05, 4.69) is 0 Å². The van der Waals surface area contributed by atoms with E-state index in [1.807, 2.05) is 0 Å². The first-order chi connectivity index (χ1) is 6.25. The number of hydrogen-bond acceptors (Lipinski definition) is 4. The van der Waals surface area contributed by atoms with Crippen molar-refractivity contribution in [2.45, 2.75) is 13.3 Å². The predicted octanol–water partition coefficient (Wildman–Crippen LogP) is -0.660. The zero-order valence-corrected chi connectivity index (χ0v) is 5.40. The van der Waals surface area contributed by atoms with Crippen LogP contribution in [0.3, 0.4) is 0 Å². The molecule has 5 heteroatoms. The molecule has 5 nitrogen and oxygen atoms in total. The van der Waals surface area contributed by atoms with E-state index in [-0.39, 0.29) is 5.06 Å². The van der Waals surface area contributed by atoms with E-state index in [9.17, 15) is 14.4 Å². The second kappa shape index (κ2) is 2.43. The van der Waals surface area contributed by atoms with Gasteiger partial charge in [0.05, 0.1) is 0 Å². The van der Waals surface area contributed by atoms with Crippen LogP contribution in [-0.4, -0.2) is 27.9 Å². The van der Waals surface area contributed by atoms with Crippen molar-refractivity contribution in [2.75, 3.05) is 0 Å². The van der Waals surface area contributed by atoms with Gasteiger partial charge < -0.3 is 0 Å². The number of Topliss-reactive ketones (excluding diaryl/α,β-unsaturated/α-hetero) is 1. The number of nitrogens with zero attached hydrogens (tertiary/aromatic N) is 1. The van der Waals surface area contributed by atoms with Gasteiger partial charge in [0.2, 0.25) is 0 Å². The van der Waals surface area contributed by atoms with E-state index in [1.165, 1.54) is 0 Å². The van der Waals surface area contributed by atoms with Gasteiger partial charge in [-0.05, 0) is 6.85 Å². The van der Waals surface area contributed by atoms with E-state index < -0.39 is 36.8 Å². The Hall–Kier alpha value is -1.23. The Morgan fingerprint density at radius 3 is 2.82 bits per heavy atom. The van der Waals surface area contributed by atoms with Crippen LogP contribution in [0, 0.1) is 5.92 Å². The molecular formula is C6H7NO4. The summed E-state index contributed by atoms with van der Waals surface area (Å²) in [5.74, 6) is -5.01. The fourth-order valence-electron chi connectivity index (χ4n) is 0.824. The largest absolute Gasteiger partial charge is 0.299 e. The average molecular weight is 160 g/mol. The molecule has 60 valence electrons. The van der Waals surface area contributed by atoms with Gasteiger partial charge in [-0.25, -0.2) is 0 Å². The first kappa shape index (κ1) is 4.61. The van der Waals surface area contributed by atoms with Crippen LogP contribution in [0.5, 0.6) is 0 Å². The highest BCUT2D eigenvalue weighted by Gasteiger charge is 2.40. The molecule has 1 saturated heterocycles. The van der Waals surface area contributed by atoms with E-state index in [1.54, 1.807) is 0 Å². The highest BCUT2D eigenvalue weighted by Crippen LogP contribution is 2.17. The van der Waals surface area contributed by atoms with Crippen LogP contribution in [0.15, 0.2) is 0 Å². The fourth-order valence-corrected chi connectivity index (χ4v) is 0.824. The van der Waals surface area contributed by atoms with E-state index >= 15 is 0 Å². The molecular weight excluding hydrogens is 150 g/mol. The minimum atomic E-state index is -2.92. The topological polar surface area (TPSA) is 74.7 Å². The molecule has 0 aromatic heterocycles. The smallest absolute Gasteiger partial charge is 0.264 e. The van der Waals surface area contributed by atoms with Crippen LogP contribution in [0.25, 0.3) is 0 Å². The number of imide groups is 1. The summed E-state index contributed by atoms with van der Waals surface area (Å²) >= 11 is 0. The van der Waals surface area contributed by atoms with Crippen molar-refractivity contribution in [3.05, 3.63) is 0 Å². The molecule has 1 rings (SSSR count). The number of hydroxylamine groups is 2. The van der Waals surface area contributed by atoms with Crippen LogP contribution >= 0.6 is 0 Å². The maximum atomic E-state index is 11.1. The Morgan fingerprint density at radius 1 is 1.82 bits per heavy atom. The number of hydrogen-bond donors (Lipinski definition) is 1. The number of amides is 2. The molecule has 2 amide bonds. The number of carbonyl (C=O) groups excluding carboxylic acids is 3. The zero-order valence-electron chi connectivity index (χ0n) is 8.40. The molecule has 11 heavy (non-hydrogen) atoms. The summed E-state index contributed by atoms with van der Waals surface area (Å²) in [6, 6.07) is 0. The third-order valence-corrected chi connectivity index (χ3v) is 1.44. The first-order valence-corrected chi connectivity index (χ1v) is 2.85. The second-order valence-corrected chi connectivity index (χ2v) is 2.16. The number of ketones is 1. The van der Waals surface area contributed by atoms with E-state index in [0.29, 0.717) is 0 Å². The second-order valence-electron chi connectivity index (χ2n) is 2.16. The van der Waals surface area contributed by atoms with Crippen LogP contribution in [0.1, 0.15) is 17.4 Å². The summed E-state index contributed by atoms with van der Waals surface area (Å²) in [7, 11) is 0. The lowest BCUT2D eigenvalue weighted by Gasteiger charge is -2.02. The van der Waals surface area contributed by atoms with Crippen LogP contribution in [0.2, 0.25) is 0 Å². The molecule has 0 bridgehead atoms. The van der Waals surface area contributed by atoms with Crippen molar-refractivity contribution in [1.29, 1.82) is 0 Å². The Morgan fingerprint density at radius 2 is 2.45 bits per heavy atom. The maximum Gasteiger partial charge on any atom is 0.264 e. The lowest BCUT2D eigenvalue weighted by atomic mass is 10.0. The summed E-state index contributed by atoms with van der Waals surface area (Å²) in [6.07, 6.45) is -0.577. The molecule has 0 spiro atoms. The van der Waals surface area contributed by atoms with Gasteiger partial charge in [-0.3, -0.25) is 19.6 Å². The fraction of sp³-hybridized carbons (Fsp3) is 0.500. The quantitative estimate of drug-likeness (QED) is 0.314. The average Bonchev–Trinajstić information content (AvgIpc) is 2.30. The van der Waals surface area contributed by atoms with Gasteiger partial charge in [-0.15, -0.1) is 0 Å². The van der Waals surface area contributed by atoms with E-state index in [0.717, 1.165) is 0 Å². The molecule has 1 aliphatic rings. The molecule has 0 radical (unpaired) electrons. The van der Waals surface area contributed by atoms with Gasteiger partial charge in [0, 0.05) is 10.5 Å². The van der Waals surface area contributed by atoms with Crippen molar-refractivity contribution in [2.24, 2.45) is 5.92 Å². The monoisotopic (exact) mass is 160 g/mol. The highest BCUT2D eigenvalue weighted by molar-refractivity contribution is 6.12. The summed E-state index contributed by atoms with van der Waals surface area (Å²) in [4.78, 5) is 32.8. The molecule has 0 saturated carbocycles. The molecule has 1 N–H and O–H groups in total. The van der Waals surface area contributed by atoms with Gasteiger partial charge in [0.1, 0.15) is 11.7 Å². The standard InChI is InChI=1S/C6H7NO4/c1-3(8)4-2-5(9)7(11)6(4)10/h4,11H,2H2,1H3/i1D3. The number of carbonyl (C=O) groups is 3. The highest BCUT2D eigenvalue weighted by atomic mass is 16.5. The summed E-state index contributed by atoms with van der Waals surface area (Å²) in [5.41, 5.74) is 0. The van der Waals surface area contributed by atoms with Crippen molar-refractivity contribution in [3.8, 4) is 0 Å². The molecule has 1 heterocycles. The third kappa shape index (κ3) is 1.14. The summed E-state index contributed by atoms with van der Waals surface area (Å²) in [5, 5.41) is 8.54. The Balaban J connectivity index is 2.88. The van der Waals surface area contributed by atoms with E-state index in [4.69, 9.17) is 9.32 Å². The molecule has 1 atom stereocenters. The minimum Gasteiger partial charge on any atom is -0.299 e. The van der Waals surface area contributed by atoms with Gasteiger partial charge in [0.15, 0.2) is 0 Å². The Labute approximate surface area is 66.8 Å². The van der Waals surface area contributed by atoms with Crippen molar-refractivity contribution in [3.63, 3.8) is 0 Å². The molecule has 0 aromatic rings.